The third-order valence-electron chi connectivity index (χ3n) is 12.4. The first kappa shape index (κ1) is 52.8. The molecule has 10 N–H and O–H groups in total. The SMILES string of the molecule is CC[C@H](C)[C@@H]1NC(=O)[C@H](NC(=O)N[C@@H](Cc2ccc(O)cc2)C(=O)O)CCCCNC(=O)[C@H]([C@@H](C)CC)NC(=O)[C@H](CCc2ccc(O)cc2)N(C)C(=O)[C@H](CCc2ccc(O)cc2)NC1=O. The minimum absolute atomic E-state index is 0.0182. The van der Waals surface area contributed by atoms with Crippen molar-refractivity contribution in [2.75, 3.05) is 13.6 Å². The van der Waals surface area contributed by atoms with Crippen molar-refractivity contribution in [3.8, 4) is 17.2 Å². The first-order chi connectivity index (χ1) is 31.9. The molecule has 0 bridgehead atoms. The third kappa shape index (κ3) is 16.2. The van der Waals surface area contributed by atoms with Gasteiger partial charge >= 0.3 is 12.0 Å². The lowest BCUT2D eigenvalue weighted by molar-refractivity contribution is -0.143. The number of carbonyl (C=O) groups excluding carboxylic acids is 6. The molecular formula is C49H67N7O11. The Morgan fingerprint density at radius 2 is 1.16 bits per heavy atom. The molecular weight excluding hydrogens is 863 g/mol. The minimum atomic E-state index is -1.41. The molecule has 0 aromatic heterocycles. The number of aromatic hydroxyl groups is 3. The number of hydrogen-bond acceptors (Lipinski definition) is 10. The van der Waals surface area contributed by atoms with Crippen molar-refractivity contribution in [2.45, 2.75) is 128 Å². The van der Waals surface area contributed by atoms with Crippen LogP contribution in [0.15, 0.2) is 72.8 Å². The molecule has 18 heteroatoms. The number of nitrogens with one attached hydrogen (secondary N) is 6. The first-order valence-electron chi connectivity index (χ1n) is 23.0. The standard InChI is InChI=1S/C49H67N7O11/c1-6-29(3)41-45(62)50-27-9-8-10-37(52-49(67)53-39(48(65)66)28-33-15-23-36(59)24-16-33)43(60)54-42(30(4)7-2)46(63)51-38(25-17-31-11-19-34(57)20-12-31)47(64)56(5)40(44(61)55-41)26-18-32-13-21-35(58)22-14-32/h11-16,19-24,29-30,37-42,57-59H,6-10,17-18,25-28H2,1-5H3,(H,50,62)(H,51,63)(H,54,60)(H,55,61)(H,65,66)(H2,52,53,67)/t29-,30-,37+,38-,39-,40-,41-,42-/m0/s1. The number of nitrogens with zero attached hydrogens (tertiary/aromatic N) is 1. The number of carbonyl (C=O) groups is 7. The van der Waals surface area contributed by atoms with E-state index in [1.807, 2.05) is 20.8 Å². The van der Waals surface area contributed by atoms with Crippen LogP contribution < -0.4 is 31.9 Å². The zero-order valence-corrected chi connectivity index (χ0v) is 38.9. The maximum Gasteiger partial charge on any atom is 0.326 e. The van der Waals surface area contributed by atoms with Crippen molar-refractivity contribution in [2.24, 2.45) is 11.8 Å². The molecule has 18 nitrogen and oxygen atoms in total. The Hall–Kier alpha value is -6.85. The molecule has 1 saturated heterocycles. The van der Waals surface area contributed by atoms with Gasteiger partial charge < -0.3 is 57.2 Å². The van der Waals surface area contributed by atoms with E-state index in [1.165, 1.54) is 60.5 Å². The summed E-state index contributed by atoms with van der Waals surface area (Å²) >= 11 is 0. The lowest BCUT2D eigenvalue weighted by Crippen LogP contribution is -2.61. The fourth-order valence-electron chi connectivity index (χ4n) is 7.76. The van der Waals surface area contributed by atoms with Gasteiger partial charge in [0.1, 0.15) is 53.5 Å². The van der Waals surface area contributed by atoms with Gasteiger partial charge in [-0.3, -0.25) is 24.0 Å². The number of rotatable bonds is 15. The van der Waals surface area contributed by atoms with E-state index in [0.717, 1.165) is 11.1 Å². The number of likely N-dealkylation sites (N-methyl/N-ethyl adjacent to an activating group) is 1. The van der Waals surface area contributed by atoms with Crippen LogP contribution in [-0.4, -0.2) is 117 Å². The Labute approximate surface area is 391 Å². The number of amides is 7. The normalized spacial score (nSPS) is 21.7. The second-order valence-electron chi connectivity index (χ2n) is 17.4. The molecule has 7 amide bonds. The van der Waals surface area contributed by atoms with Gasteiger partial charge in [-0.2, -0.15) is 0 Å². The Morgan fingerprint density at radius 3 is 1.69 bits per heavy atom. The van der Waals surface area contributed by atoms with Crippen LogP contribution in [0.2, 0.25) is 0 Å². The highest BCUT2D eigenvalue weighted by Gasteiger charge is 2.37. The number of aryl methyl sites for hydroxylation is 2. The number of phenolic OH excluding ortho intramolecular Hbond substituents is 3. The zero-order chi connectivity index (χ0) is 49.2. The van der Waals surface area contributed by atoms with E-state index >= 15 is 0 Å². The van der Waals surface area contributed by atoms with E-state index in [-0.39, 0.29) is 68.2 Å². The third-order valence-corrected chi connectivity index (χ3v) is 12.4. The van der Waals surface area contributed by atoms with Gasteiger partial charge in [-0.15, -0.1) is 0 Å². The highest BCUT2D eigenvalue weighted by atomic mass is 16.4. The molecule has 0 saturated carbocycles. The summed E-state index contributed by atoms with van der Waals surface area (Å²) in [5.41, 5.74) is 2.04. The zero-order valence-electron chi connectivity index (χ0n) is 38.9. The van der Waals surface area contributed by atoms with Crippen LogP contribution in [-0.2, 0) is 48.0 Å². The number of urea groups is 1. The molecule has 0 unspecified atom stereocenters. The molecule has 1 aliphatic heterocycles. The maximum absolute atomic E-state index is 14.8. The van der Waals surface area contributed by atoms with Gasteiger partial charge in [-0.25, -0.2) is 9.59 Å². The van der Waals surface area contributed by atoms with E-state index in [9.17, 15) is 54.0 Å². The number of aliphatic carboxylic acids is 1. The Morgan fingerprint density at radius 1 is 0.672 bits per heavy atom. The summed E-state index contributed by atoms with van der Waals surface area (Å²) in [5, 5.41) is 55.8. The molecule has 4 rings (SSSR count). The highest BCUT2D eigenvalue weighted by molar-refractivity contribution is 5.96. The van der Waals surface area contributed by atoms with Crippen LogP contribution in [0.3, 0.4) is 0 Å². The van der Waals surface area contributed by atoms with Gasteiger partial charge in [0.15, 0.2) is 0 Å². The van der Waals surface area contributed by atoms with Crippen LogP contribution in [0.25, 0.3) is 0 Å². The lowest BCUT2D eigenvalue weighted by atomic mass is 9.95. The van der Waals surface area contributed by atoms with Crippen molar-refractivity contribution in [3.63, 3.8) is 0 Å². The fraction of sp³-hybridized carbons (Fsp3) is 0.490. The molecule has 3 aromatic rings. The van der Waals surface area contributed by atoms with Crippen LogP contribution in [0, 0.1) is 11.8 Å². The van der Waals surface area contributed by atoms with E-state index in [1.54, 1.807) is 31.2 Å². The lowest BCUT2D eigenvalue weighted by Gasteiger charge is -2.34. The van der Waals surface area contributed by atoms with Crippen molar-refractivity contribution in [1.29, 1.82) is 0 Å². The van der Waals surface area contributed by atoms with Crippen molar-refractivity contribution >= 4 is 41.5 Å². The number of carboxylic acid groups (broad SMARTS) is 1. The van der Waals surface area contributed by atoms with Gasteiger partial charge in [0.2, 0.25) is 29.5 Å². The monoisotopic (exact) mass is 929 g/mol. The molecule has 0 spiro atoms. The largest absolute Gasteiger partial charge is 0.508 e. The number of hydrogen-bond donors (Lipinski definition) is 10. The van der Waals surface area contributed by atoms with Gasteiger partial charge in [0.25, 0.3) is 0 Å². The molecule has 8 atom stereocenters. The van der Waals surface area contributed by atoms with Crippen LogP contribution in [0.5, 0.6) is 17.2 Å². The molecule has 0 radical (unpaired) electrons. The first-order valence-corrected chi connectivity index (χ1v) is 23.0. The van der Waals surface area contributed by atoms with Gasteiger partial charge in [-0.05, 0) is 110 Å². The van der Waals surface area contributed by atoms with E-state index in [2.05, 4.69) is 31.9 Å². The number of benzene rings is 3. The van der Waals surface area contributed by atoms with Crippen LogP contribution >= 0.6 is 0 Å². The molecule has 364 valence electrons. The maximum atomic E-state index is 14.8. The van der Waals surface area contributed by atoms with Crippen molar-refractivity contribution in [1.82, 2.24) is 36.8 Å². The second kappa shape index (κ2) is 25.7. The second-order valence-corrected chi connectivity index (χ2v) is 17.4. The Bertz CT molecular complexity index is 2140. The van der Waals surface area contributed by atoms with E-state index < -0.39 is 83.7 Å². The van der Waals surface area contributed by atoms with E-state index in [4.69, 9.17) is 0 Å². The molecule has 1 fully saturated rings. The molecule has 1 heterocycles. The summed E-state index contributed by atoms with van der Waals surface area (Å²) in [6.45, 7) is 7.41. The predicted octanol–water partition coefficient (Wildman–Crippen LogP) is 3.41. The number of phenols is 3. The number of carboxylic acids is 1. The highest BCUT2D eigenvalue weighted by Crippen LogP contribution is 2.20. The predicted molar refractivity (Wildman–Crippen MR) is 250 cm³/mol. The summed E-state index contributed by atoms with van der Waals surface area (Å²) in [5.74, 6) is -5.17. The topological polar surface area (TPSA) is 276 Å². The smallest absolute Gasteiger partial charge is 0.326 e. The summed E-state index contributed by atoms with van der Waals surface area (Å²) in [7, 11) is 1.46. The molecule has 3 aromatic carbocycles. The average molecular weight is 930 g/mol. The van der Waals surface area contributed by atoms with E-state index in [0.29, 0.717) is 31.2 Å². The van der Waals surface area contributed by atoms with Crippen molar-refractivity contribution < 1.29 is 54.0 Å². The summed E-state index contributed by atoms with van der Waals surface area (Å²) < 4.78 is 0. The van der Waals surface area contributed by atoms with Crippen LogP contribution in [0.4, 0.5) is 4.79 Å². The quantitative estimate of drug-likeness (QED) is 0.106. The Balaban J connectivity index is 1.71. The fourth-order valence-corrected chi connectivity index (χ4v) is 7.76. The summed E-state index contributed by atoms with van der Waals surface area (Å²) in [4.78, 5) is 98.7. The minimum Gasteiger partial charge on any atom is -0.508 e. The van der Waals surface area contributed by atoms with Crippen molar-refractivity contribution in [3.05, 3.63) is 89.5 Å². The summed E-state index contributed by atoms with van der Waals surface area (Å²) in [6.07, 6.45) is 2.18. The molecule has 1 aliphatic rings. The van der Waals surface area contributed by atoms with Gasteiger partial charge in [0, 0.05) is 20.0 Å². The van der Waals surface area contributed by atoms with Gasteiger partial charge in [-0.1, -0.05) is 76.9 Å². The molecule has 0 aliphatic carbocycles. The van der Waals surface area contributed by atoms with Crippen LogP contribution in [0.1, 0.15) is 89.3 Å². The Kier molecular flexibility index (Phi) is 20.3. The average Bonchev–Trinajstić information content (AvgIpc) is 3.30. The molecule has 67 heavy (non-hydrogen) atoms. The van der Waals surface area contributed by atoms with Gasteiger partial charge in [0.05, 0.1) is 0 Å². The summed E-state index contributed by atoms with van der Waals surface area (Å²) in [6, 6.07) is 10.4.